The summed E-state index contributed by atoms with van der Waals surface area (Å²) in [6.45, 7) is 1.62. The van der Waals surface area contributed by atoms with E-state index in [1.807, 2.05) is 7.05 Å². The second-order valence-electron chi connectivity index (χ2n) is 5.05. The van der Waals surface area contributed by atoms with Crippen LogP contribution < -0.4 is 5.32 Å². The van der Waals surface area contributed by atoms with Gasteiger partial charge in [0, 0.05) is 24.4 Å². The minimum atomic E-state index is -1.66. The van der Waals surface area contributed by atoms with E-state index in [1.54, 1.807) is 0 Å². The molecule has 8 heteroatoms. The predicted molar refractivity (Wildman–Crippen MR) is 76.4 cm³/mol. The number of aromatic nitrogens is 1. The molecule has 0 spiro atoms. The SMILES string of the molecule is CN1CCc2nc(NC(=O)c3ccc(F)c(F)c3F)sc2C1. The molecule has 1 aliphatic rings. The summed E-state index contributed by atoms with van der Waals surface area (Å²) in [5.41, 5.74) is 0.355. The lowest BCUT2D eigenvalue weighted by Crippen LogP contribution is -2.25. The Balaban J connectivity index is 1.82. The number of carbonyl (C=O) groups excluding carboxylic acids is 1. The fourth-order valence-corrected chi connectivity index (χ4v) is 3.33. The van der Waals surface area contributed by atoms with Crippen molar-refractivity contribution < 1.29 is 18.0 Å². The summed E-state index contributed by atoms with van der Waals surface area (Å²) in [5.74, 6) is -5.34. The Hall–Kier alpha value is -1.93. The fraction of sp³-hybridized carbons (Fsp3) is 0.286. The van der Waals surface area contributed by atoms with Crippen molar-refractivity contribution in [2.45, 2.75) is 13.0 Å². The summed E-state index contributed by atoms with van der Waals surface area (Å²) in [6, 6.07) is 1.62. The second-order valence-corrected chi connectivity index (χ2v) is 6.14. The van der Waals surface area contributed by atoms with Crippen molar-refractivity contribution in [2.24, 2.45) is 0 Å². The van der Waals surface area contributed by atoms with Crippen LogP contribution in [0, 0.1) is 17.5 Å². The van der Waals surface area contributed by atoms with Gasteiger partial charge in [-0.3, -0.25) is 10.1 Å². The zero-order valence-electron chi connectivity index (χ0n) is 11.6. The summed E-state index contributed by atoms with van der Waals surface area (Å²) < 4.78 is 39.6. The Morgan fingerprint density at radius 3 is 2.86 bits per heavy atom. The van der Waals surface area contributed by atoms with Crippen molar-refractivity contribution in [1.29, 1.82) is 0 Å². The smallest absolute Gasteiger partial charge is 0.260 e. The number of carbonyl (C=O) groups is 1. The van der Waals surface area contributed by atoms with E-state index in [0.29, 0.717) is 5.13 Å². The third kappa shape index (κ3) is 2.71. The number of amides is 1. The number of benzene rings is 1. The summed E-state index contributed by atoms with van der Waals surface area (Å²) in [4.78, 5) is 19.4. The van der Waals surface area contributed by atoms with Gasteiger partial charge in [0.25, 0.3) is 5.91 Å². The molecule has 2 aromatic rings. The molecule has 22 heavy (non-hydrogen) atoms. The highest BCUT2D eigenvalue weighted by atomic mass is 32.1. The highest BCUT2D eigenvalue weighted by molar-refractivity contribution is 7.15. The van der Waals surface area contributed by atoms with Gasteiger partial charge in [-0.2, -0.15) is 0 Å². The van der Waals surface area contributed by atoms with E-state index >= 15 is 0 Å². The molecule has 1 aliphatic heterocycles. The molecule has 0 bridgehead atoms. The number of likely N-dealkylation sites (N-methyl/N-ethyl adjacent to an activating group) is 1. The summed E-state index contributed by atoms with van der Waals surface area (Å²) in [7, 11) is 1.98. The van der Waals surface area contributed by atoms with Crippen molar-refractivity contribution in [1.82, 2.24) is 9.88 Å². The molecule has 0 saturated carbocycles. The van der Waals surface area contributed by atoms with E-state index in [0.717, 1.165) is 42.2 Å². The van der Waals surface area contributed by atoms with Crippen molar-refractivity contribution in [2.75, 3.05) is 18.9 Å². The molecule has 0 fully saturated rings. The number of thiazole rings is 1. The van der Waals surface area contributed by atoms with E-state index in [9.17, 15) is 18.0 Å². The van der Waals surface area contributed by atoms with E-state index in [-0.39, 0.29) is 0 Å². The van der Waals surface area contributed by atoms with Gasteiger partial charge < -0.3 is 4.90 Å². The monoisotopic (exact) mass is 327 g/mol. The van der Waals surface area contributed by atoms with Gasteiger partial charge in [-0.05, 0) is 19.2 Å². The van der Waals surface area contributed by atoms with Crippen LogP contribution in [-0.2, 0) is 13.0 Å². The minimum absolute atomic E-state index is 0.328. The zero-order chi connectivity index (χ0) is 15.9. The Labute approximate surface area is 128 Å². The lowest BCUT2D eigenvalue weighted by molar-refractivity contribution is 0.102. The maximum Gasteiger partial charge on any atom is 0.260 e. The molecule has 2 heterocycles. The Kier molecular flexibility index (Phi) is 3.88. The standard InChI is InChI=1S/C14H12F3N3OS/c1-20-5-4-9-10(6-20)22-14(18-9)19-13(21)7-2-3-8(15)12(17)11(7)16/h2-3H,4-6H2,1H3,(H,18,19,21). The molecule has 3 rings (SSSR count). The normalized spacial score (nSPS) is 14.7. The van der Waals surface area contributed by atoms with E-state index in [2.05, 4.69) is 15.2 Å². The maximum atomic E-state index is 13.6. The molecular weight excluding hydrogens is 315 g/mol. The van der Waals surface area contributed by atoms with Crippen molar-refractivity contribution in [3.05, 3.63) is 45.7 Å². The van der Waals surface area contributed by atoms with Gasteiger partial charge in [0.15, 0.2) is 22.6 Å². The number of hydrogen-bond acceptors (Lipinski definition) is 4. The van der Waals surface area contributed by atoms with Crippen LogP contribution in [-0.4, -0.2) is 29.4 Å². The summed E-state index contributed by atoms with van der Waals surface area (Å²) in [5, 5.41) is 2.77. The number of anilines is 1. The average Bonchev–Trinajstić information content (AvgIpc) is 2.86. The number of fused-ring (bicyclic) bond motifs is 1. The van der Waals surface area contributed by atoms with Crippen LogP contribution in [0.5, 0.6) is 0 Å². The van der Waals surface area contributed by atoms with Crippen molar-refractivity contribution in [3.63, 3.8) is 0 Å². The molecule has 1 aromatic carbocycles. The number of nitrogens with zero attached hydrogens (tertiary/aromatic N) is 2. The molecule has 116 valence electrons. The van der Waals surface area contributed by atoms with Gasteiger partial charge in [0.1, 0.15) is 0 Å². The van der Waals surface area contributed by atoms with E-state index in [1.165, 1.54) is 11.3 Å². The van der Waals surface area contributed by atoms with Gasteiger partial charge in [0.05, 0.1) is 11.3 Å². The number of nitrogens with one attached hydrogen (secondary N) is 1. The molecule has 1 amide bonds. The number of rotatable bonds is 2. The first-order chi connectivity index (χ1) is 10.5. The third-order valence-electron chi connectivity index (χ3n) is 3.42. The van der Waals surface area contributed by atoms with Gasteiger partial charge >= 0.3 is 0 Å². The number of halogens is 3. The molecule has 0 unspecified atom stereocenters. The van der Waals surface area contributed by atoms with Crippen LogP contribution in [0.15, 0.2) is 12.1 Å². The van der Waals surface area contributed by atoms with Crippen LogP contribution in [0.25, 0.3) is 0 Å². The molecular formula is C14H12F3N3OS. The minimum Gasteiger partial charge on any atom is -0.301 e. The maximum absolute atomic E-state index is 13.6. The average molecular weight is 327 g/mol. The zero-order valence-corrected chi connectivity index (χ0v) is 12.4. The predicted octanol–water partition coefficient (Wildman–Crippen LogP) is 2.80. The largest absolute Gasteiger partial charge is 0.301 e. The first-order valence-corrected chi connectivity index (χ1v) is 7.39. The van der Waals surface area contributed by atoms with Crippen LogP contribution in [0.4, 0.5) is 18.3 Å². The van der Waals surface area contributed by atoms with E-state index < -0.39 is 28.9 Å². The lowest BCUT2D eigenvalue weighted by atomic mass is 10.2. The van der Waals surface area contributed by atoms with Crippen LogP contribution in [0.1, 0.15) is 20.9 Å². The van der Waals surface area contributed by atoms with Crippen LogP contribution in [0.3, 0.4) is 0 Å². The van der Waals surface area contributed by atoms with Crippen LogP contribution >= 0.6 is 11.3 Å². The fourth-order valence-electron chi connectivity index (χ4n) is 2.24. The topological polar surface area (TPSA) is 45.2 Å². The molecule has 1 aromatic heterocycles. The summed E-state index contributed by atoms with van der Waals surface area (Å²) in [6.07, 6.45) is 0.776. The van der Waals surface area contributed by atoms with E-state index in [4.69, 9.17) is 0 Å². The first-order valence-electron chi connectivity index (χ1n) is 6.57. The van der Waals surface area contributed by atoms with Gasteiger partial charge in [0.2, 0.25) is 0 Å². The molecule has 0 atom stereocenters. The van der Waals surface area contributed by atoms with Crippen molar-refractivity contribution in [3.8, 4) is 0 Å². The molecule has 0 aliphatic carbocycles. The first kappa shape index (κ1) is 15.0. The van der Waals surface area contributed by atoms with Gasteiger partial charge in [-0.1, -0.05) is 0 Å². The highest BCUT2D eigenvalue weighted by Gasteiger charge is 2.22. The summed E-state index contributed by atoms with van der Waals surface area (Å²) >= 11 is 1.30. The number of hydrogen-bond donors (Lipinski definition) is 1. The Morgan fingerprint density at radius 1 is 1.32 bits per heavy atom. The Morgan fingerprint density at radius 2 is 2.09 bits per heavy atom. The highest BCUT2D eigenvalue weighted by Crippen LogP contribution is 2.28. The van der Waals surface area contributed by atoms with Crippen LogP contribution in [0.2, 0.25) is 0 Å². The molecule has 0 radical (unpaired) electrons. The third-order valence-corrected chi connectivity index (χ3v) is 4.42. The lowest BCUT2D eigenvalue weighted by Gasteiger charge is -2.20. The molecule has 1 N–H and O–H groups in total. The van der Waals surface area contributed by atoms with Gasteiger partial charge in [-0.15, -0.1) is 11.3 Å². The molecule has 0 saturated heterocycles. The quantitative estimate of drug-likeness (QED) is 0.863. The molecule has 4 nitrogen and oxygen atoms in total. The van der Waals surface area contributed by atoms with Gasteiger partial charge in [-0.25, -0.2) is 18.2 Å². The van der Waals surface area contributed by atoms with Crippen molar-refractivity contribution >= 4 is 22.4 Å². The Bertz CT molecular complexity index is 747. The second kappa shape index (κ2) is 5.69.